The lowest BCUT2D eigenvalue weighted by Gasteiger charge is -2.12. The zero-order valence-corrected chi connectivity index (χ0v) is 15.0. The number of carbonyl (C=O) groups excluding carboxylic acids is 1. The van der Waals surface area contributed by atoms with Crippen molar-refractivity contribution in [1.29, 1.82) is 0 Å². The summed E-state index contributed by atoms with van der Waals surface area (Å²) in [7, 11) is 0. The fourth-order valence-corrected chi connectivity index (χ4v) is 3.34. The van der Waals surface area contributed by atoms with Crippen molar-refractivity contribution in [2.75, 3.05) is 6.61 Å². The second kappa shape index (κ2) is 7.56. The molecule has 116 valence electrons. The average Bonchev–Trinajstić information content (AvgIpc) is 2.97. The molecule has 2 rings (SSSR count). The maximum Gasteiger partial charge on any atom is 0.277 e. The zero-order valence-electron chi connectivity index (χ0n) is 12.6. The molecule has 1 N–H and O–H groups in total. The third-order valence-electron chi connectivity index (χ3n) is 3.00. The van der Waals surface area contributed by atoms with E-state index < -0.39 is 0 Å². The van der Waals surface area contributed by atoms with Gasteiger partial charge < -0.3 is 4.74 Å². The minimum absolute atomic E-state index is 0.0649. The van der Waals surface area contributed by atoms with Gasteiger partial charge in [0.05, 0.1) is 5.71 Å². The highest BCUT2D eigenvalue weighted by molar-refractivity contribution is 9.10. The number of aryl methyl sites for hydroxylation is 2. The van der Waals surface area contributed by atoms with Crippen LogP contribution in [0.3, 0.4) is 0 Å². The maximum absolute atomic E-state index is 11.8. The monoisotopic (exact) mass is 380 g/mol. The number of benzene rings is 1. The van der Waals surface area contributed by atoms with E-state index in [0.29, 0.717) is 0 Å². The Bertz CT molecular complexity index is 673. The summed E-state index contributed by atoms with van der Waals surface area (Å²) in [5.74, 6) is 0.454. The first-order valence-electron chi connectivity index (χ1n) is 6.74. The van der Waals surface area contributed by atoms with E-state index in [2.05, 4.69) is 26.5 Å². The fraction of sp³-hybridized carbons (Fsp3) is 0.250. The fourth-order valence-electron chi connectivity index (χ4n) is 1.98. The number of hydrazone groups is 1. The number of amides is 1. The van der Waals surface area contributed by atoms with Crippen molar-refractivity contribution < 1.29 is 9.53 Å². The van der Waals surface area contributed by atoms with Gasteiger partial charge in [0.2, 0.25) is 0 Å². The van der Waals surface area contributed by atoms with Gasteiger partial charge in [-0.05, 0) is 55.5 Å². The summed E-state index contributed by atoms with van der Waals surface area (Å²) < 4.78 is 6.60. The van der Waals surface area contributed by atoms with E-state index in [4.69, 9.17) is 4.74 Å². The van der Waals surface area contributed by atoms with Crippen LogP contribution in [0, 0.1) is 13.8 Å². The zero-order chi connectivity index (χ0) is 16.1. The van der Waals surface area contributed by atoms with Crippen LogP contribution in [-0.2, 0) is 4.79 Å². The van der Waals surface area contributed by atoms with Crippen molar-refractivity contribution in [3.05, 3.63) is 50.1 Å². The van der Waals surface area contributed by atoms with Gasteiger partial charge in [-0.1, -0.05) is 22.0 Å². The smallest absolute Gasteiger partial charge is 0.277 e. The molecule has 0 saturated carbocycles. The normalized spacial score (nSPS) is 11.4. The van der Waals surface area contributed by atoms with Gasteiger partial charge in [-0.25, -0.2) is 5.43 Å². The van der Waals surface area contributed by atoms with Crippen molar-refractivity contribution in [1.82, 2.24) is 5.43 Å². The van der Waals surface area contributed by atoms with E-state index in [9.17, 15) is 4.79 Å². The molecule has 0 unspecified atom stereocenters. The molecule has 4 nitrogen and oxygen atoms in total. The van der Waals surface area contributed by atoms with Crippen molar-refractivity contribution in [2.24, 2.45) is 5.10 Å². The summed E-state index contributed by atoms with van der Waals surface area (Å²) >= 11 is 5.02. The Balaban J connectivity index is 1.92. The van der Waals surface area contributed by atoms with Crippen LogP contribution in [0.25, 0.3) is 0 Å². The van der Waals surface area contributed by atoms with Crippen molar-refractivity contribution >= 4 is 38.9 Å². The first-order valence-corrected chi connectivity index (χ1v) is 8.41. The molecule has 0 spiro atoms. The highest BCUT2D eigenvalue weighted by atomic mass is 79.9. The summed E-state index contributed by atoms with van der Waals surface area (Å²) in [4.78, 5) is 12.9. The van der Waals surface area contributed by atoms with Gasteiger partial charge >= 0.3 is 0 Å². The van der Waals surface area contributed by atoms with Crippen LogP contribution < -0.4 is 10.2 Å². The summed E-state index contributed by atoms with van der Waals surface area (Å²) in [6.45, 7) is 5.69. The van der Waals surface area contributed by atoms with Crippen LogP contribution in [0.1, 0.15) is 22.9 Å². The molecule has 1 aromatic carbocycles. The van der Waals surface area contributed by atoms with Crippen molar-refractivity contribution in [3.8, 4) is 5.75 Å². The lowest BCUT2D eigenvalue weighted by atomic mass is 10.1. The number of thiophene rings is 1. The van der Waals surface area contributed by atoms with E-state index in [-0.39, 0.29) is 12.5 Å². The molecule has 0 radical (unpaired) electrons. The molecule has 2 aromatic rings. The Labute approximate surface area is 142 Å². The van der Waals surface area contributed by atoms with Crippen LogP contribution in [0.2, 0.25) is 0 Å². The third-order valence-corrected chi connectivity index (χ3v) is 4.44. The average molecular weight is 381 g/mol. The van der Waals surface area contributed by atoms with Gasteiger partial charge in [-0.15, -0.1) is 11.3 Å². The first kappa shape index (κ1) is 16.7. The number of nitrogens with one attached hydrogen (secondary N) is 1. The highest BCUT2D eigenvalue weighted by Gasteiger charge is 2.08. The Hall–Kier alpha value is -1.66. The second-order valence-electron chi connectivity index (χ2n) is 4.87. The maximum atomic E-state index is 11.8. The highest BCUT2D eigenvalue weighted by Crippen LogP contribution is 2.27. The molecule has 6 heteroatoms. The number of ether oxygens (including phenoxy) is 1. The molecule has 0 aliphatic rings. The molecule has 0 bridgehead atoms. The largest absolute Gasteiger partial charge is 0.483 e. The summed E-state index contributed by atoms with van der Waals surface area (Å²) in [6, 6.07) is 7.82. The Kier molecular flexibility index (Phi) is 5.74. The number of carbonyl (C=O) groups is 1. The van der Waals surface area contributed by atoms with E-state index in [1.165, 1.54) is 0 Å². The van der Waals surface area contributed by atoms with Gasteiger partial charge in [0.25, 0.3) is 5.91 Å². The van der Waals surface area contributed by atoms with Crippen molar-refractivity contribution in [3.63, 3.8) is 0 Å². The van der Waals surface area contributed by atoms with Crippen LogP contribution in [0.4, 0.5) is 0 Å². The quantitative estimate of drug-likeness (QED) is 0.628. The van der Waals surface area contributed by atoms with Gasteiger partial charge in [0.15, 0.2) is 6.61 Å². The van der Waals surface area contributed by atoms with Gasteiger partial charge in [0, 0.05) is 9.35 Å². The van der Waals surface area contributed by atoms with Gasteiger partial charge in [-0.3, -0.25) is 4.79 Å². The molecular weight excluding hydrogens is 364 g/mol. The van der Waals surface area contributed by atoms with Gasteiger partial charge in [0.1, 0.15) is 5.75 Å². The lowest BCUT2D eigenvalue weighted by molar-refractivity contribution is -0.123. The molecule has 1 aromatic heterocycles. The second-order valence-corrected chi connectivity index (χ2v) is 6.73. The number of nitrogens with zero attached hydrogens (tertiary/aromatic N) is 1. The van der Waals surface area contributed by atoms with Crippen LogP contribution in [0.15, 0.2) is 39.2 Å². The molecular formula is C16H17BrN2O2S. The van der Waals surface area contributed by atoms with Crippen molar-refractivity contribution in [2.45, 2.75) is 20.8 Å². The van der Waals surface area contributed by atoms with E-state index in [0.717, 1.165) is 31.9 Å². The molecule has 1 heterocycles. The molecule has 22 heavy (non-hydrogen) atoms. The Morgan fingerprint density at radius 2 is 2.05 bits per heavy atom. The molecule has 0 fully saturated rings. The Morgan fingerprint density at radius 1 is 1.36 bits per heavy atom. The minimum atomic E-state index is -0.280. The lowest BCUT2D eigenvalue weighted by Crippen LogP contribution is -2.25. The SMILES string of the molecule is CC(=NNC(=O)COc1c(C)cc(Br)cc1C)c1cccs1. The summed E-state index contributed by atoms with van der Waals surface area (Å²) in [5, 5.41) is 6.05. The molecule has 0 saturated heterocycles. The third kappa shape index (κ3) is 4.42. The van der Waals surface area contributed by atoms with E-state index >= 15 is 0 Å². The predicted octanol–water partition coefficient (Wildman–Crippen LogP) is 4.05. The molecule has 1 amide bonds. The van der Waals surface area contributed by atoms with Crippen LogP contribution in [-0.4, -0.2) is 18.2 Å². The number of rotatable bonds is 5. The Morgan fingerprint density at radius 3 is 2.64 bits per heavy atom. The first-order chi connectivity index (χ1) is 10.5. The molecule has 0 aliphatic heterocycles. The van der Waals surface area contributed by atoms with Crippen LogP contribution >= 0.6 is 27.3 Å². The van der Waals surface area contributed by atoms with Gasteiger partial charge in [-0.2, -0.15) is 5.10 Å². The predicted molar refractivity (Wildman–Crippen MR) is 93.8 cm³/mol. The standard InChI is InChI=1S/C16H17BrN2O2S/c1-10-7-13(17)8-11(2)16(10)21-9-15(20)19-18-12(3)14-5-4-6-22-14/h4-8H,9H2,1-3H3,(H,19,20). The molecule has 0 aliphatic carbocycles. The van der Waals surface area contributed by atoms with E-state index in [1.807, 2.05) is 50.4 Å². The number of hydrogen-bond donors (Lipinski definition) is 1. The number of halogens is 1. The minimum Gasteiger partial charge on any atom is -0.483 e. The topological polar surface area (TPSA) is 50.7 Å². The molecule has 0 atom stereocenters. The summed E-state index contributed by atoms with van der Waals surface area (Å²) in [5.41, 5.74) is 5.26. The summed E-state index contributed by atoms with van der Waals surface area (Å²) in [6.07, 6.45) is 0. The van der Waals surface area contributed by atoms with E-state index in [1.54, 1.807) is 11.3 Å². The number of hydrogen-bond acceptors (Lipinski definition) is 4. The van der Waals surface area contributed by atoms with Crippen LogP contribution in [0.5, 0.6) is 5.75 Å².